The Kier molecular flexibility index (Phi) is 5.01. The standard InChI is InChI=1S/C14H21BrN2O/c1-3-4-10(2)18-14-11(7-12(15)9-17-14)8-16-13-5-6-13/h7,9-10,13,16H,3-6,8H2,1-2H3. The molecule has 0 aromatic carbocycles. The number of pyridine rings is 1. The molecular formula is C14H21BrN2O. The van der Waals surface area contributed by atoms with Gasteiger partial charge in [-0.3, -0.25) is 0 Å². The van der Waals surface area contributed by atoms with Crippen LogP contribution in [0.1, 0.15) is 45.1 Å². The Morgan fingerprint density at radius 2 is 2.33 bits per heavy atom. The Morgan fingerprint density at radius 3 is 3.00 bits per heavy atom. The van der Waals surface area contributed by atoms with E-state index >= 15 is 0 Å². The number of nitrogens with zero attached hydrogens (tertiary/aromatic N) is 1. The molecule has 1 aromatic rings. The normalized spacial score (nSPS) is 16.6. The van der Waals surface area contributed by atoms with Gasteiger partial charge in [-0.05, 0) is 48.2 Å². The van der Waals surface area contributed by atoms with Crippen LogP contribution in [0.15, 0.2) is 16.7 Å². The van der Waals surface area contributed by atoms with Gasteiger partial charge in [0.05, 0.1) is 6.10 Å². The van der Waals surface area contributed by atoms with Gasteiger partial charge in [0.2, 0.25) is 5.88 Å². The van der Waals surface area contributed by atoms with Crippen LogP contribution in [0.5, 0.6) is 5.88 Å². The van der Waals surface area contributed by atoms with Crippen LogP contribution in [0.3, 0.4) is 0 Å². The molecule has 1 aliphatic rings. The molecule has 0 saturated heterocycles. The fraction of sp³-hybridized carbons (Fsp3) is 0.643. The Morgan fingerprint density at radius 1 is 1.56 bits per heavy atom. The van der Waals surface area contributed by atoms with Crippen LogP contribution < -0.4 is 10.1 Å². The summed E-state index contributed by atoms with van der Waals surface area (Å²) in [5.74, 6) is 0.771. The summed E-state index contributed by atoms with van der Waals surface area (Å²) in [6.45, 7) is 5.11. The summed E-state index contributed by atoms with van der Waals surface area (Å²) in [6, 6.07) is 2.79. The van der Waals surface area contributed by atoms with Gasteiger partial charge < -0.3 is 10.1 Å². The molecule has 1 aromatic heterocycles. The maximum Gasteiger partial charge on any atom is 0.218 e. The van der Waals surface area contributed by atoms with E-state index in [0.717, 1.165) is 35.3 Å². The third-order valence-electron chi connectivity index (χ3n) is 3.06. The molecule has 1 atom stereocenters. The van der Waals surface area contributed by atoms with Gasteiger partial charge in [0, 0.05) is 28.8 Å². The summed E-state index contributed by atoms with van der Waals surface area (Å²) in [7, 11) is 0. The lowest BCUT2D eigenvalue weighted by Gasteiger charge is -2.16. The van der Waals surface area contributed by atoms with E-state index in [1.165, 1.54) is 12.8 Å². The molecule has 0 aliphatic heterocycles. The van der Waals surface area contributed by atoms with E-state index < -0.39 is 0 Å². The summed E-state index contributed by atoms with van der Waals surface area (Å²) in [5, 5.41) is 3.50. The first-order valence-electron chi connectivity index (χ1n) is 6.73. The van der Waals surface area contributed by atoms with Crippen molar-refractivity contribution in [1.82, 2.24) is 10.3 Å². The average Bonchev–Trinajstić information content (AvgIpc) is 3.14. The van der Waals surface area contributed by atoms with Crippen molar-refractivity contribution in [3.05, 3.63) is 22.3 Å². The molecule has 18 heavy (non-hydrogen) atoms. The molecule has 2 rings (SSSR count). The highest BCUT2D eigenvalue weighted by Gasteiger charge is 2.21. The van der Waals surface area contributed by atoms with E-state index in [2.05, 4.69) is 46.1 Å². The van der Waals surface area contributed by atoms with Crippen molar-refractivity contribution >= 4 is 15.9 Å². The SMILES string of the molecule is CCCC(C)Oc1ncc(Br)cc1CNC1CC1. The molecule has 1 N–H and O–H groups in total. The molecule has 0 radical (unpaired) electrons. The molecule has 1 heterocycles. The van der Waals surface area contributed by atoms with Gasteiger partial charge in [-0.2, -0.15) is 0 Å². The summed E-state index contributed by atoms with van der Waals surface area (Å²) >= 11 is 3.47. The molecule has 100 valence electrons. The first-order valence-corrected chi connectivity index (χ1v) is 7.52. The van der Waals surface area contributed by atoms with E-state index in [1.54, 1.807) is 6.20 Å². The monoisotopic (exact) mass is 312 g/mol. The topological polar surface area (TPSA) is 34.1 Å². The zero-order chi connectivity index (χ0) is 13.0. The van der Waals surface area contributed by atoms with Crippen molar-refractivity contribution in [2.45, 2.75) is 58.2 Å². The second-order valence-electron chi connectivity index (χ2n) is 4.99. The van der Waals surface area contributed by atoms with Crippen LogP contribution in [-0.2, 0) is 6.54 Å². The van der Waals surface area contributed by atoms with Gasteiger partial charge in [-0.25, -0.2) is 4.98 Å². The summed E-state index contributed by atoms with van der Waals surface area (Å²) < 4.78 is 6.93. The lowest BCUT2D eigenvalue weighted by Crippen LogP contribution is -2.18. The van der Waals surface area contributed by atoms with Crippen LogP contribution in [0.2, 0.25) is 0 Å². The number of halogens is 1. The number of ether oxygens (including phenoxy) is 1. The average molecular weight is 313 g/mol. The van der Waals surface area contributed by atoms with E-state index in [0.29, 0.717) is 6.04 Å². The third-order valence-corrected chi connectivity index (χ3v) is 3.49. The van der Waals surface area contributed by atoms with E-state index in [1.807, 2.05) is 0 Å². The van der Waals surface area contributed by atoms with Gasteiger partial charge in [0.25, 0.3) is 0 Å². The number of nitrogens with one attached hydrogen (secondary N) is 1. The first kappa shape index (κ1) is 13.8. The fourth-order valence-corrected chi connectivity index (χ4v) is 2.28. The van der Waals surface area contributed by atoms with Crippen molar-refractivity contribution in [3.63, 3.8) is 0 Å². The molecule has 1 fully saturated rings. The minimum Gasteiger partial charge on any atom is -0.474 e. The summed E-state index contributed by atoms with van der Waals surface area (Å²) in [6.07, 6.45) is 6.81. The molecule has 0 amide bonds. The van der Waals surface area contributed by atoms with Crippen LogP contribution in [-0.4, -0.2) is 17.1 Å². The van der Waals surface area contributed by atoms with Crippen LogP contribution >= 0.6 is 15.9 Å². The van der Waals surface area contributed by atoms with Crippen LogP contribution in [0.4, 0.5) is 0 Å². The molecule has 4 heteroatoms. The van der Waals surface area contributed by atoms with Crippen LogP contribution in [0, 0.1) is 0 Å². The quantitative estimate of drug-likeness (QED) is 0.834. The van der Waals surface area contributed by atoms with Gasteiger partial charge in [0.1, 0.15) is 0 Å². The molecular weight excluding hydrogens is 292 g/mol. The highest BCUT2D eigenvalue weighted by Crippen LogP contribution is 2.24. The number of rotatable bonds is 7. The predicted molar refractivity (Wildman–Crippen MR) is 76.8 cm³/mol. The Labute approximate surface area is 117 Å². The summed E-state index contributed by atoms with van der Waals surface area (Å²) in [4.78, 5) is 4.39. The van der Waals surface area contributed by atoms with E-state index in [9.17, 15) is 0 Å². The van der Waals surface area contributed by atoms with Gasteiger partial charge in [-0.15, -0.1) is 0 Å². The Bertz CT molecular complexity index is 393. The maximum atomic E-state index is 5.92. The first-order chi connectivity index (χ1) is 8.69. The van der Waals surface area contributed by atoms with E-state index in [-0.39, 0.29) is 6.10 Å². The maximum absolute atomic E-state index is 5.92. The zero-order valence-corrected chi connectivity index (χ0v) is 12.7. The second-order valence-corrected chi connectivity index (χ2v) is 5.91. The molecule has 3 nitrogen and oxygen atoms in total. The number of aromatic nitrogens is 1. The molecule has 0 bridgehead atoms. The predicted octanol–water partition coefficient (Wildman–Crippen LogP) is 3.66. The minimum atomic E-state index is 0.225. The molecule has 0 spiro atoms. The molecule has 1 aliphatic carbocycles. The second kappa shape index (κ2) is 6.53. The van der Waals surface area contributed by atoms with Gasteiger partial charge in [0.15, 0.2) is 0 Å². The fourth-order valence-electron chi connectivity index (χ4n) is 1.90. The molecule has 1 saturated carbocycles. The van der Waals surface area contributed by atoms with Crippen molar-refractivity contribution in [1.29, 1.82) is 0 Å². The van der Waals surface area contributed by atoms with Gasteiger partial charge >= 0.3 is 0 Å². The van der Waals surface area contributed by atoms with Crippen molar-refractivity contribution in [3.8, 4) is 5.88 Å². The smallest absolute Gasteiger partial charge is 0.218 e. The van der Waals surface area contributed by atoms with Gasteiger partial charge in [-0.1, -0.05) is 13.3 Å². The molecule has 1 unspecified atom stereocenters. The number of hydrogen-bond donors (Lipinski definition) is 1. The van der Waals surface area contributed by atoms with E-state index in [4.69, 9.17) is 4.74 Å². The summed E-state index contributed by atoms with van der Waals surface area (Å²) in [5.41, 5.74) is 1.14. The highest BCUT2D eigenvalue weighted by molar-refractivity contribution is 9.10. The lowest BCUT2D eigenvalue weighted by molar-refractivity contribution is 0.199. The Balaban J connectivity index is 2.01. The third kappa shape index (κ3) is 4.25. The lowest BCUT2D eigenvalue weighted by atomic mass is 10.2. The number of hydrogen-bond acceptors (Lipinski definition) is 3. The van der Waals surface area contributed by atoms with Crippen molar-refractivity contribution in [2.75, 3.05) is 0 Å². The minimum absolute atomic E-state index is 0.225. The Hall–Kier alpha value is -0.610. The highest BCUT2D eigenvalue weighted by atomic mass is 79.9. The van der Waals surface area contributed by atoms with Crippen molar-refractivity contribution in [2.24, 2.45) is 0 Å². The largest absolute Gasteiger partial charge is 0.474 e. The van der Waals surface area contributed by atoms with Crippen molar-refractivity contribution < 1.29 is 4.74 Å². The zero-order valence-electron chi connectivity index (χ0n) is 11.1. The van der Waals surface area contributed by atoms with Crippen LogP contribution in [0.25, 0.3) is 0 Å².